The molecule has 146 valence electrons. The van der Waals surface area contributed by atoms with Gasteiger partial charge in [-0.15, -0.1) is 0 Å². The van der Waals surface area contributed by atoms with Gasteiger partial charge in [-0.1, -0.05) is 23.7 Å². The summed E-state index contributed by atoms with van der Waals surface area (Å²) in [6.07, 6.45) is 1.44. The Labute approximate surface area is 167 Å². The van der Waals surface area contributed by atoms with Gasteiger partial charge in [-0.2, -0.15) is 5.10 Å². The molecule has 0 fully saturated rings. The Balaban J connectivity index is 2.03. The maximum Gasteiger partial charge on any atom is 0.164 e. The van der Waals surface area contributed by atoms with Crippen LogP contribution in [0.5, 0.6) is 0 Å². The van der Waals surface area contributed by atoms with E-state index in [0.717, 1.165) is 16.5 Å². The van der Waals surface area contributed by atoms with Gasteiger partial charge >= 0.3 is 0 Å². The number of hydrogen-bond acceptors (Lipinski definition) is 5. The summed E-state index contributed by atoms with van der Waals surface area (Å²) in [6, 6.07) is 5.66. The second-order valence-corrected chi connectivity index (χ2v) is 8.90. The van der Waals surface area contributed by atoms with E-state index in [1.54, 1.807) is 13.8 Å². The lowest BCUT2D eigenvalue weighted by molar-refractivity contribution is 0.0787. The fourth-order valence-corrected chi connectivity index (χ4v) is 3.63. The first-order valence-electron chi connectivity index (χ1n) is 9.02. The Kier molecular flexibility index (Phi) is 3.96. The summed E-state index contributed by atoms with van der Waals surface area (Å²) in [4.78, 5) is 11.9. The first-order valence-corrected chi connectivity index (χ1v) is 9.40. The highest BCUT2D eigenvalue weighted by molar-refractivity contribution is 6.38. The number of fused-ring (bicyclic) bond motifs is 2. The molecule has 8 heteroatoms. The molecule has 0 saturated carbocycles. The maximum atomic E-state index is 10.3. The standard InChI is InChI=1S/C20H23ClN6O/c1-19(2,3)27-18-13(17(22)23-9-24-18)15(26-27)16-14(21)11-7-6-10(20(4,5)28)8-12(11)25-16/h6-9,25,28H,1-5H3,(H2,22,23,24). The second-order valence-electron chi connectivity index (χ2n) is 8.52. The van der Waals surface area contributed by atoms with Crippen molar-refractivity contribution in [3.8, 4) is 11.4 Å². The zero-order valence-corrected chi connectivity index (χ0v) is 17.3. The number of anilines is 1. The maximum absolute atomic E-state index is 10.3. The molecule has 0 aliphatic carbocycles. The van der Waals surface area contributed by atoms with Crippen molar-refractivity contribution < 1.29 is 5.11 Å². The van der Waals surface area contributed by atoms with Gasteiger partial charge in [0, 0.05) is 10.9 Å². The Hall–Kier alpha value is -2.64. The van der Waals surface area contributed by atoms with Crippen LogP contribution in [0.1, 0.15) is 40.2 Å². The molecule has 0 spiro atoms. The largest absolute Gasteiger partial charge is 0.386 e. The number of benzene rings is 1. The molecule has 0 radical (unpaired) electrons. The zero-order valence-electron chi connectivity index (χ0n) is 16.5. The number of rotatable bonds is 2. The monoisotopic (exact) mass is 398 g/mol. The number of aromatic nitrogens is 5. The van der Waals surface area contributed by atoms with Crippen LogP contribution in [0.25, 0.3) is 33.3 Å². The van der Waals surface area contributed by atoms with E-state index in [4.69, 9.17) is 22.4 Å². The van der Waals surface area contributed by atoms with Crippen LogP contribution in [-0.2, 0) is 11.1 Å². The van der Waals surface area contributed by atoms with E-state index in [-0.39, 0.29) is 5.54 Å². The van der Waals surface area contributed by atoms with Gasteiger partial charge in [-0.3, -0.25) is 0 Å². The quantitative estimate of drug-likeness (QED) is 0.469. The van der Waals surface area contributed by atoms with E-state index in [1.165, 1.54) is 6.33 Å². The SMILES string of the molecule is CC(C)(O)c1ccc2c(Cl)c(-c3nn(C(C)(C)C)c4ncnc(N)c34)[nH]c2c1. The Morgan fingerprint density at radius 2 is 1.86 bits per heavy atom. The smallest absolute Gasteiger partial charge is 0.164 e. The van der Waals surface area contributed by atoms with E-state index in [1.807, 2.05) is 43.7 Å². The van der Waals surface area contributed by atoms with Gasteiger partial charge in [0.25, 0.3) is 0 Å². The molecule has 0 saturated heterocycles. The molecule has 3 aromatic heterocycles. The van der Waals surface area contributed by atoms with Crippen molar-refractivity contribution in [3.05, 3.63) is 35.1 Å². The van der Waals surface area contributed by atoms with Crippen molar-refractivity contribution in [2.45, 2.75) is 45.8 Å². The van der Waals surface area contributed by atoms with Gasteiger partial charge in [0.05, 0.1) is 27.2 Å². The third-order valence-electron chi connectivity index (χ3n) is 4.81. The Bertz CT molecular complexity index is 1210. The summed E-state index contributed by atoms with van der Waals surface area (Å²) < 4.78 is 1.83. The fourth-order valence-electron chi connectivity index (χ4n) is 3.32. The van der Waals surface area contributed by atoms with Crippen molar-refractivity contribution in [2.75, 3.05) is 5.73 Å². The number of nitrogen functional groups attached to an aromatic ring is 1. The van der Waals surface area contributed by atoms with Gasteiger partial charge in [0.15, 0.2) is 5.65 Å². The zero-order chi connectivity index (χ0) is 20.4. The lowest BCUT2D eigenvalue weighted by Crippen LogP contribution is -2.23. The average molecular weight is 399 g/mol. The lowest BCUT2D eigenvalue weighted by atomic mass is 9.97. The highest BCUT2D eigenvalue weighted by Gasteiger charge is 2.26. The van der Waals surface area contributed by atoms with Crippen LogP contribution in [0.3, 0.4) is 0 Å². The number of aliphatic hydroxyl groups is 1. The fraction of sp³-hybridized carbons (Fsp3) is 0.350. The predicted molar refractivity (Wildman–Crippen MR) is 112 cm³/mol. The van der Waals surface area contributed by atoms with Gasteiger partial charge in [-0.25, -0.2) is 14.6 Å². The number of nitrogens with zero attached hydrogens (tertiary/aromatic N) is 4. The van der Waals surface area contributed by atoms with Crippen LogP contribution >= 0.6 is 11.6 Å². The highest BCUT2D eigenvalue weighted by Crippen LogP contribution is 2.40. The number of nitrogens with one attached hydrogen (secondary N) is 1. The molecule has 7 nitrogen and oxygen atoms in total. The van der Waals surface area contributed by atoms with Crippen molar-refractivity contribution in [2.24, 2.45) is 0 Å². The van der Waals surface area contributed by atoms with Crippen LogP contribution in [0.2, 0.25) is 5.02 Å². The highest BCUT2D eigenvalue weighted by atomic mass is 35.5. The number of halogens is 1. The topological polar surface area (TPSA) is 106 Å². The Morgan fingerprint density at radius 1 is 1.14 bits per heavy atom. The molecule has 1 aromatic carbocycles. The molecular weight excluding hydrogens is 376 g/mol. The minimum absolute atomic E-state index is 0.302. The van der Waals surface area contributed by atoms with Crippen molar-refractivity contribution in [1.82, 2.24) is 24.7 Å². The molecule has 0 atom stereocenters. The molecule has 0 amide bonds. The molecule has 0 bridgehead atoms. The van der Waals surface area contributed by atoms with E-state index in [0.29, 0.717) is 33.3 Å². The molecule has 3 heterocycles. The normalized spacial score (nSPS) is 13.0. The second kappa shape index (κ2) is 5.93. The Morgan fingerprint density at radius 3 is 2.50 bits per heavy atom. The molecule has 28 heavy (non-hydrogen) atoms. The van der Waals surface area contributed by atoms with Crippen molar-refractivity contribution >= 4 is 39.4 Å². The molecule has 0 aliphatic rings. The third kappa shape index (κ3) is 2.82. The molecular formula is C20H23ClN6O. The number of aromatic amines is 1. The number of H-pyrrole nitrogens is 1. The van der Waals surface area contributed by atoms with E-state index in [9.17, 15) is 5.11 Å². The van der Waals surface area contributed by atoms with Crippen LogP contribution in [0, 0.1) is 0 Å². The minimum atomic E-state index is -0.954. The van der Waals surface area contributed by atoms with E-state index < -0.39 is 5.60 Å². The summed E-state index contributed by atoms with van der Waals surface area (Å²) in [5.41, 5.74) is 8.44. The predicted octanol–water partition coefficient (Wildman–Crippen LogP) is 4.19. The minimum Gasteiger partial charge on any atom is -0.386 e. The van der Waals surface area contributed by atoms with Gasteiger partial charge in [0.2, 0.25) is 0 Å². The van der Waals surface area contributed by atoms with Crippen molar-refractivity contribution in [1.29, 1.82) is 0 Å². The first-order chi connectivity index (χ1) is 13.0. The molecule has 0 aliphatic heterocycles. The van der Waals surface area contributed by atoms with Gasteiger partial charge in [-0.05, 0) is 46.2 Å². The summed E-state index contributed by atoms with van der Waals surface area (Å²) >= 11 is 6.71. The van der Waals surface area contributed by atoms with Crippen molar-refractivity contribution in [3.63, 3.8) is 0 Å². The van der Waals surface area contributed by atoms with Crippen LogP contribution in [0.15, 0.2) is 24.5 Å². The van der Waals surface area contributed by atoms with Gasteiger partial charge < -0.3 is 15.8 Å². The van der Waals surface area contributed by atoms with Crippen LogP contribution in [-0.4, -0.2) is 29.8 Å². The summed E-state index contributed by atoms with van der Waals surface area (Å²) in [7, 11) is 0. The summed E-state index contributed by atoms with van der Waals surface area (Å²) in [6.45, 7) is 9.63. The average Bonchev–Trinajstić information content (AvgIpc) is 3.13. The van der Waals surface area contributed by atoms with Crippen LogP contribution in [0.4, 0.5) is 5.82 Å². The van der Waals surface area contributed by atoms with E-state index in [2.05, 4.69) is 15.0 Å². The number of hydrogen-bond donors (Lipinski definition) is 3. The molecule has 4 N–H and O–H groups in total. The van der Waals surface area contributed by atoms with E-state index >= 15 is 0 Å². The van der Waals surface area contributed by atoms with Crippen LogP contribution < -0.4 is 5.73 Å². The molecule has 0 unspecified atom stereocenters. The molecule has 4 aromatic rings. The summed E-state index contributed by atoms with van der Waals surface area (Å²) in [5, 5.41) is 17.2. The molecule has 4 rings (SSSR count). The first kappa shape index (κ1) is 18.7. The number of nitrogens with two attached hydrogens (primary N) is 1. The lowest BCUT2D eigenvalue weighted by Gasteiger charge is -2.19. The van der Waals surface area contributed by atoms with Gasteiger partial charge in [0.1, 0.15) is 17.8 Å². The summed E-state index contributed by atoms with van der Waals surface area (Å²) in [5.74, 6) is 0.349. The third-order valence-corrected chi connectivity index (χ3v) is 5.20.